The summed E-state index contributed by atoms with van der Waals surface area (Å²) in [6.07, 6.45) is 2.62. The Bertz CT molecular complexity index is 1150. The largest absolute Gasteiger partial charge is 0.497 e. The van der Waals surface area contributed by atoms with E-state index < -0.39 is 20.0 Å². The van der Waals surface area contributed by atoms with Gasteiger partial charge in [0.05, 0.1) is 29.7 Å². The first kappa shape index (κ1) is 23.4. The maximum atomic E-state index is 13.2. The van der Waals surface area contributed by atoms with Crippen molar-refractivity contribution in [2.45, 2.75) is 42.9 Å². The van der Waals surface area contributed by atoms with Gasteiger partial charge in [0.1, 0.15) is 11.5 Å². The second-order valence-electron chi connectivity index (χ2n) is 7.52. The summed E-state index contributed by atoms with van der Waals surface area (Å²) in [5.74, 6) is 0.783. The van der Waals surface area contributed by atoms with Crippen LogP contribution in [-0.2, 0) is 20.0 Å². The van der Waals surface area contributed by atoms with Crippen molar-refractivity contribution in [2.24, 2.45) is 0 Å². The van der Waals surface area contributed by atoms with Gasteiger partial charge in [-0.1, -0.05) is 6.42 Å². The van der Waals surface area contributed by atoms with Crippen LogP contribution in [0.3, 0.4) is 0 Å². The van der Waals surface area contributed by atoms with E-state index in [4.69, 9.17) is 9.47 Å². The van der Waals surface area contributed by atoms with Gasteiger partial charge in [-0.15, -0.1) is 0 Å². The Hall–Kier alpha value is -2.30. The van der Waals surface area contributed by atoms with Crippen molar-refractivity contribution < 1.29 is 26.3 Å². The Kier molecular flexibility index (Phi) is 6.82. The number of benzene rings is 2. The molecule has 1 N–H and O–H groups in total. The predicted octanol–water partition coefficient (Wildman–Crippen LogP) is 3.30. The van der Waals surface area contributed by atoms with Crippen molar-refractivity contribution >= 4 is 25.7 Å². The Morgan fingerprint density at radius 3 is 2.03 bits per heavy atom. The number of hydrogen-bond acceptors (Lipinski definition) is 6. The Morgan fingerprint density at radius 2 is 1.48 bits per heavy atom. The van der Waals surface area contributed by atoms with Gasteiger partial charge in [-0.05, 0) is 68.1 Å². The fourth-order valence-electron chi connectivity index (χ4n) is 3.83. The second-order valence-corrected chi connectivity index (χ2v) is 11.1. The van der Waals surface area contributed by atoms with Crippen LogP contribution in [0.1, 0.15) is 30.4 Å². The second kappa shape index (κ2) is 9.05. The zero-order valence-electron chi connectivity index (χ0n) is 18.1. The minimum atomic E-state index is -4.01. The fraction of sp³-hybridized carbons (Fsp3) is 0.429. The fourth-order valence-corrected chi connectivity index (χ4v) is 6.89. The maximum Gasteiger partial charge on any atom is 0.262 e. The van der Waals surface area contributed by atoms with Crippen molar-refractivity contribution in [3.05, 3.63) is 41.5 Å². The summed E-state index contributed by atoms with van der Waals surface area (Å²) in [6.45, 7) is 4.27. The number of anilines is 1. The molecular weight excluding hydrogens is 440 g/mol. The topological polar surface area (TPSA) is 102 Å². The average molecular weight is 469 g/mol. The summed E-state index contributed by atoms with van der Waals surface area (Å²) in [7, 11) is -4.83. The summed E-state index contributed by atoms with van der Waals surface area (Å²) in [4.78, 5) is 0.135. The van der Waals surface area contributed by atoms with Gasteiger partial charge in [0, 0.05) is 13.1 Å². The van der Waals surface area contributed by atoms with E-state index in [-0.39, 0.29) is 21.2 Å². The van der Waals surface area contributed by atoms with Gasteiger partial charge in [-0.25, -0.2) is 16.8 Å². The highest BCUT2D eigenvalue weighted by molar-refractivity contribution is 7.92. The first-order chi connectivity index (χ1) is 14.6. The molecule has 10 heteroatoms. The Morgan fingerprint density at radius 1 is 0.871 bits per heavy atom. The minimum Gasteiger partial charge on any atom is -0.497 e. The number of aryl methyl sites for hydroxylation is 2. The van der Waals surface area contributed by atoms with Gasteiger partial charge >= 0.3 is 0 Å². The molecule has 0 aliphatic carbocycles. The minimum absolute atomic E-state index is 0.0241. The third-order valence-corrected chi connectivity index (χ3v) is 8.87. The lowest BCUT2D eigenvalue weighted by molar-refractivity contribution is 0.346. The lowest BCUT2D eigenvalue weighted by atomic mass is 10.1. The van der Waals surface area contributed by atoms with Crippen molar-refractivity contribution in [1.29, 1.82) is 0 Å². The number of nitrogens with zero attached hydrogens (tertiary/aromatic N) is 1. The van der Waals surface area contributed by atoms with Crippen LogP contribution in [0.25, 0.3) is 0 Å². The smallest absolute Gasteiger partial charge is 0.262 e. The third-order valence-electron chi connectivity index (χ3n) is 5.31. The van der Waals surface area contributed by atoms with E-state index in [1.807, 2.05) is 0 Å². The molecule has 0 bridgehead atoms. The molecule has 0 spiro atoms. The van der Waals surface area contributed by atoms with E-state index in [9.17, 15) is 16.8 Å². The normalized spacial score (nSPS) is 15.5. The number of methoxy groups -OCH3 is 2. The van der Waals surface area contributed by atoms with Gasteiger partial charge in [0.2, 0.25) is 10.0 Å². The molecule has 0 aromatic heterocycles. The third kappa shape index (κ3) is 4.81. The molecule has 3 rings (SSSR count). The van der Waals surface area contributed by atoms with Crippen LogP contribution in [0.5, 0.6) is 11.5 Å². The molecule has 0 unspecified atom stereocenters. The summed E-state index contributed by atoms with van der Waals surface area (Å²) in [5.41, 5.74) is 1.09. The van der Waals surface area contributed by atoms with E-state index in [0.29, 0.717) is 30.0 Å². The predicted molar refractivity (Wildman–Crippen MR) is 119 cm³/mol. The number of hydrogen-bond donors (Lipinski definition) is 1. The van der Waals surface area contributed by atoms with E-state index in [2.05, 4.69) is 4.72 Å². The molecule has 170 valence electrons. The molecule has 0 amide bonds. The zero-order chi connectivity index (χ0) is 22.8. The van der Waals surface area contributed by atoms with Crippen LogP contribution in [0.15, 0.2) is 40.1 Å². The Labute approximate surface area is 184 Å². The quantitative estimate of drug-likeness (QED) is 0.669. The molecule has 1 aliphatic rings. The van der Waals surface area contributed by atoms with E-state index in [0.717, 1.165) is 19.3 Å². The molecule has 0 atom stereocenters. The molecule has 2 aromatic rings. The van der Waals surface area contributed by atoms with Crippen LogP contribution in [0.4, 0.5) is 5.69 Å². The number of sulfonamides is 2. The Balaban J connectivity index is 2.02. The van der Waals surface area contributed by atoms with Gasteiger partial charge in [-0.3, -0.25) is 4.72 Å². The van der Waals surface area contributed by atoms with Crippen LogP contribution >= 0.6 is 0 Å². The first-order valence-corrected chi connectivity index (χ1v) is 12.9. The standard InChI is InChI=1S/C21H28N2O6S2/c1-15-12-17(28-3)13-16(2)21(15)30(24,25)22-19-14-18(8-9-20(19)29-4)31(26,27)23-10-6-5-7-11-23/h8-9,12-14,22H,5-7,10-11H2,1-4H3. The number of nitrogens with one attached hydrogen (secondary N) is 1. The maximum absolute atomic E-state index is 13.2. The lowest BCUT2D eigenvalue weighted by Crippen LogP contribution is -2.35. The van der Waals surface area contributed by atoms with Crippen LogP contribution in [0.2, 0.25) is 0 Å². The number of rotatable bonds is 7. The van der Waals surface area contributed by atoms with Crippen LogP contribution < -0.4 is 14.2 Å². The molecule has 1 aliphatic heterocycles. The highest BCUT2D eigenvalue weighted by Gasteiger charge is 2.28. The summed E-state index contributed by atoms with van der Waals surface area (Å²) in [5, 5.41) is 0. The molecule has 1 saturated heterocycles. The van der Waals surface area contributed by atoms with Crippen molar-refractivity contribution in [3.63, 3.8) is 0 Å². The molecule has 0 saturated carbocycles. The molecule has 1 fully saturated rings. The van der Waals surface area contributed by atoms with Gasteiger partial charge in [-0.2, -0.15) is 4.31 Å². The van der Waals surface area contributed by atoms with Gasteiger partial charge in [0.25, 0.3) is 10.0 Å². The van der Waals surface area contributed by atoms with Crippen LogP contribution in [0, 0.1) is 13.8 Å². The molecule has 31 heavy (non-hydrogen) atoms. The lowest BCUT2D eigenvalue weighted by Gasteiger charge is -2.26. The average Bonchev–Trinajstić information content (AvgIpc) is 2.73. The monoisotopic (exact) mass is 468 g/mol. The number of ether oxygens (including phenoxy) is 2. The molecule has 1 heterocycles. The first-order valence-electron chi connectivity index (χ1n) is 9.96. The zero-order valence-corrected chi connectivity index (χ0v) is 19.8. The summed E-state index contributed by atoms with van der Waals surface area (Å²) in [6, 6.07) is 7.48. The molecule has 0 radical (unpaired) electrons. The van der Waals surface area contributed by atoms with Crippen molar-refractivity contribution in [1.82, 2.24) is 4.31 Å². The summed E-state index contributed by atoms with van der Waals surface area (Å²) >= 11 is 0. The van der Waals surface area contributed by atoms with E-state index >= 15 is 0 Å². The molecule has 8 nitrogen and oxygen atoms in total. The van der Waals surface area contributed by atoms with Crippen molar-refractivity contribution in [3.8, 4) is 11.5 Å². The highest BCUT2D eigenvalue weighted by atomic mass is 32.2. The molecular formula is C21H28N2O6S2. The number of piperidine rings is 1. The summed E-state index contributed by atoms with van der Waals surface area (Å²) < 4.78 is 66.9. The van der Waals surface area contributed by atoms with Gasteiger partial charge in [0.15, 0.2) is 0 Å². The van der Waals surface area contributed by atoms with Crippen LogP contribution in [-0.4, -0.2) is 48.4 Å². The van der Waals surface area contributed by atoms with E-state index in [1.165, 1.54) is 36.7 Å². The van der Waals surface area contributed by atoms with Gasteiger partial charge < -0.3 is 9.47 Å². The molecule has 2 aromatic carbocycles. The SMILES string of the molecule is COc1cc(C)c(S(=O)(=O)Nc2cc(S(=O)(=O)N3CCCCC3)ccc2OC)c(C)c1. The van der Waals surface area contributed by atoms with E-state index in [1.54, 1.807) is 26.0 Å². The highest BCUT2D eigenvalue weighted by Crippen LogP contribution is 2.33. The van der Waals surface area contributed by atoms with Crippen molar-refractivity contribution in [2.75, 3.05) is 32.0 Å².